The molecule has 2 aromatic rings. The molecule has 2 aromatic carbocycles. The number of aliphatic hydroxyl groups excluding tert-OH is 1. The SMILES string of the molecule is CCCN1C(=O)C(=O)/C(=C(\O)c2ccc(F)c(C)c2)C1c1cccc(OC(C)C)c1. The first-order valence-electron chi connectivity index (χ1n) is 10.1. The van der Waals surface area contributed by atoms with Crippen molar-refractivity contribution in [3.8, 4) is 5.75 Å². The van der Waals surface area contributed by atoms with Crippen LogP contribution in [0.4, 0.5) is 4.39 Å². The van der Waals surface area contributed by atoms with Gasteiger partial charge in [0.2, 0.25) is 0 Å². The summed E-state index contributed by atoms with van der Waals surface area (Å²) in [4.78, 5) is 27.1. The van der Waals surface area contributed by atoms with Gasteiger partial charge in [-0.05, 0) is 68.7 Å². The number of carbonyl (C=O) groups excluding carboxylic acids is 2. The molecule has 5 nitrogen and oxygen atoms in total. The van der Waals surface area contributed by atoms with E-state index in [-0.39, 0.29) is 17.4 Å². The van der Waals surface area contributed by atoms with Gasteiger partial charge in [-0.25, -0.2) is 4.39 Å². The van der Waals surface area contributed by atoms with E-state index in [9.17, 15) is 19.1 Å². The standard InChI is InChI=1S/C24H26FNO4/c1-5-11-26-21(16-7-6-8-18(13-16)30-14(2)3)20(23(28)24(26)29)22(27)17-9-10-19(25)15(4)12-17/h6-10,12-14,21,27H,5,11H2,1-4H3/b22-20-. The molecule has 0 saturated carbocycles. The van der Waals surface area contributed by atoms with Gasteiger partial charge < -0.3 is 14.7 Å². The lowest BCUT2D eigenvalue weighted by Crippen LogP contribution is -2.30. The summed E-state index contributed by atoms with van der Waals surface area (Å²) >= 11 is 0. The fourth-order valence-electron chi connectivity index (χ4n) is 3.68. The van der Waals surface area contributed by atoms with Crippen LogP contribution in [0.25, 0.3) is 5.76 Å². The van der Waals surface area contributed by atoms with Crippen LogP contribution >= 0.6 is 0 Å². The second kappa shape index (κ2) is 8.69. The summed E-state index contributed by atoms with van der Waals surface area (Å²) in [6.07, 6.45) is 0.617. The third-order valence-electron chi connectivity index (χ3n) is 4.98. The first-order valence-corrected chi connectivity index (χ1v) is 10.1. The predicted molar refractivity (Wildman–Crippen MR) is 113 cm³/mol. The summed E-state index contributed by atoms with van der Waals surface area (Å²) in [5.41, 5.74) is 1.30. The van der Waals surface area contributed by atoms with Crippen LogP contribution in [0.3, 0.4) is 0 Å². The van der Waals surface area contributed by atoms with E-state index in [0.29, 0.717) is 35.4 Å². The molecule has 1 saturated heterocycles. The number of carbonyl (C=O) groups is 2. The zero-order valence-electron chi connectivity index (χ0n) is 17.6. The number of nitrogens with zero attached hydrogens (tertiary/aromatic N) is 1. The molecule has 0 aromatic heterocycles. The van der Waals surface area contributed by atoms with Crippen molar-refractivity contribution < 1.29 is 23.8 Å². The lowest BCUT2D eigenvalue weighted by molar-refractivity contribution is -0.139. The minimum absolute atomic E-state index is 0.00107. The molecular formula is C24H26FNO4. The molecule has 1 aliphatic rings. The van der Waals surface area contributed by atoms with E-state index in [1.54, 1.807) is 31.2 Å². The van der Waals surface area contributed by atoms with Crippen LogP contribution < -0.4 is 4.74 Å². The fourth-order valence-corrected chi connectivity index (χ4v) is 3.68. The minimum Gasteiger partial charge on any atom is -0.507 e. The summed E-state index contributed by atoms with van der Waals surface area (Å²) in [5, 5.41) is 11.0. The van der Waals surface area contributed by atoms with Gasteiger partial charge in [-0.1, -0.05) is 19.1 Å². The molecule has 6 heteroatoms. The second-order valence-corrected chi connectivity index (χ2v) is 7.70. The van der Waals surface area contributed by atoms with E-state index < -0.39 is 23.5 Å². The second-order valence-electron chi connectivity index (χ2n) is 7.70. The maximum Gasteiger partial charge on any atom is 0.295 e. The van der Waals surface area contributed by atoms with Gasteiger partial charge in [-0.15, -0.1) is 0 Å². The van der Waals surface area contributed by atoms with E-state index in [2.05, 4.69) is 0 Å². The molecule has 1 amide bonds. The number of Topliss-reactive ketones (excluding diaryl/α,β-unsaturated/α-hetero) is 1. The number of aryl methyl sites for hydroxylation is 1. The summed E-state index contributed by atoms with van der Waals surface area (Å²) < 4.78 is 19.5. The Labute approximate surface area is 175 Å². The van der Waals surface area contributed by atoms with Crippen molar-refractivity contribution >= 4 is 17.4 Å². The number of halogens is 1. The lowest BCUT2D eigenvalue weighted by atomic mass is 9.94. The molecule has 0 aliphatic carbocycles. The smallest absolute Gasteiger partial charge is 0.295 e. The summed E-state index contributed by atoms with van der Waals surface area (Å²) in [7, 11) is 0. The normalized spacial score (nSPS) is 18.3. The molecule has 158 valence electrons. The van der Waals surface area contributed by atoms with Crippen LogP contribution in [0.2, 0.25) is 0 Å². The van der Waals surface area contributed by atoms with Crippen molar-refractivity contribution in [1.82, 2.24) is 4.90 Å². The first kappa shape index (κ1) is 21.6. The number of hydrogen-bond donors (Lipinski definition) is 1. The van der Waals surface area contributed by atoms with Crippen LogP contribution in [0, 0.1) is 12.7 Å². The first-order chi connectivity index (χ1) is 14.2. The molecule has 0 spiro atoms. The van der Waals surface area contributed by atoms with E-state index >= 15 is 0 Å². The molecule has 0 bridgehead atoms. The van der Waals surface area contributed by atoms with Gasteiger partial charge in [0.25, 0.3) is 11.7 Å². The number of ether oxygens (including phenoxy) is 1. The Morgan fingerprint density at radius 1 is 1.20 bits per heavy atom. The number of likely N-dealkylation sites (tertiary alicyclic amines) is 1. The summed E-state index contributed by atoms with van der Waals surface area (Å²) in [5.74, 6) is -1.51. The highest BCUT2D eigenvalue weighted by Crippen LogP contribution is 2.40. The van der Waals surface area contributed by atoms with Crippen LogP contribution in [0.5, 0.6) is 5.75 Å². The van der Waals surface area contributed by atoms with Crippen LogP contribution in [-0.2, 0) is 9.59 Å². The molecule has 1 fully saturated rings. The van der Waals surface area contributed by atoms with Crippen molar-refractivity contribution in [2.45, 2.75) is 46.3 Å². The van der Waals surface area contributed by atoms with Crippen LogP contribution in [0.15, 0.2) is 48.0 Å². The van der Waals surface area contributed by atoms with E-state index in [4.69, 9.17) is 4.74 Å². The largest absolute Gasteiger partial charge is 0.507 e. The van der Waals surface area contributed by atoms with E-state index in [0.717, 1.165) is 0 Å². The molecule has 1 atom stereocenters. The van der Waals surface area contributed by atoms with Gasteiger partial charge in [0.05, 0.1) is 17.7 Å². The molecule has 1 aliphatic heterocycles. The number of ketones is 1. The van der Waals surface area contributed by atoms with Gasteiger partial charge in [-0.2, -0.15) is 0 Å². The molecule has 0 radical (unpaired) electrons. The van der Waals surface area contributed by atoms with Gasteiger partial charge in [0.15, 0.2) is 0 Å². The van der Waals surface area contributed by atoms with Crippen molar-refractivity contribution in [3.63, 3.8) is 0 Å². The molecule has 3 rings (SSSR count). The lowest BCUT2D eigenvalue weighted by Gasteiger charge is -2.25. The van der Waals surface area contributed by atoms with Crippen LogP contribution in [-0.4, -0.2) is 34.3 Å². The quantitative estimate of drug-likeness (QED) is 0.423. The van der Waals surface area contributed by atoms with Crippen molar-refractivity contribution in [2.75, 3.05) is 6.54 Å². The topological polar surface area (TPSA) is 66.8 Å². The molecular weight excluding hydrogens is 385 g/mol. The Morgan fingerprint density at radius 3 is 2.57 bits per heavy atom. The van der Waals surface area contributed by atoms with Crippen LogP contribution in [0.1, 0.15) is 49.9 Å². The number of aliphatic hydroxyl groups is 1. The zero-order chi connectivity index (χ0) is 22.0. The van der Waals surface area contributed by atoms with Crippen molar-refractivity contribution in [3.05, 3.63) is 70.5 Å². The summed E-state index contributed by atoms with van der Waals surface area (Å²) in [6, 6.07) is 10.5. The number of hydrogen-bond acceptors (Lipinski definition) is 4. The average molecular weight is 411 g/mol. The molecule has 1 unspecified atom stereocenters. The fraction of sp³-hybridized carbons (Fsp3) is 0.333. The number of benzene rings is 2. The average Bonchev–Trinajstić information content (AvgIpc) is 2.94. The Balaban J connectivity index is 2.17. The Morgan fingerprint density at radius 2 is 1.93 bits per heavy atom. The Hall–Kier alpha value is -3.15. The highest BCUT2D eigenvalue weighted by molar-refractivity contribution is 6.46. The van der Waals surface area contributed by atoms with E-state index in [1.807, 2.05) is 20.8 Å². The molecule has 30 heavy (non-hydrogen) atoms. The number of rotatable bonds is 6. The van der Waals surface area contributed by atoms with Gasteiger partial charge in [0.1, 0.15) is 17.3 Å². The van der Waals surface area contributed by atoms with E-state index in [1.165, 1.54) is 23.1 Å². The maximum atomic E-state index is 13.7. The Kier molecular flexibility index (Phi) is 6.25. The van der Waals surface area contributed by atoms with Gasteiger partial charge >= 0.3 is 0 Å². The maximum absolute atomic E-state index is 13.7. The van der Waals surface area contributed by atoms with Crippen molar-refractivity contribution in [2.24, 2.45) is 0 Å². The highest BCUT2D eigenvalue weighted by Gasteiger charge is 2.45. The van der Waals surface area contributed by atoms with Crippen molar-refractivity contribution in [1.29, 1.82) is 0 Å². The van der Waals surface area contributed by atoms with Gasteiger partial charge in [0, 0.05) is 12.1 Å². The predicted octanol–water partition coefficient (Wildman–Crippen LogP) is 4.75. The highest BCUT2D eigenvalue weighted by atomic mass is 19.1. The Bertz CT molecular complexity index is 1010. The molecule has 1 heterocycles. The molecule has 1 N–H and O–H groups in total. The minimum atomic E-state index is -0.747. The van der Waals surface area contributed by atoms with Gasteiger partial charge in [-0.3, -0.25) is 9.59 Å². The number of amides is 1. The zero-order valence-corrected chi connectivity index (χ0v) is 17.6. The summed E-state index contributed by atoms with van der Waals surface area (Å²) in [6.45, 7) is 7.67. The third-order valence-corrected chi connectivity index (χ3v) is 4.98. The monoisotopic (exact) mass is 411 g/mol. The third kappa shape index (κ3) is 4.08.